The Hall–Kier alpha value is -1.11. The topological polar surface area (TPSA) is 17.1 Å². The van der Waals surface area contributed by atoms with Crippen molar-refractivity contribution in [3.05, 3.63) is 35.9 Å². The largest absolute Gasteiger partial charge is 0.299 e. The Balaban J connectivity index is 2.84. The first-order valence-electron chi connectivity index (χ1n) is 7.43. The predicted octanol–water partition coefficient (Wildman–Crippen LogP) is 5.21. The highest BCUT2D eigenvalue weighted by Crippen LogP contribution is 2.31. The molecular weight excluding hydrogens is 232 g/mol. The smallest absolute Gasteiger partial charge is 0.140 e. The van der Waals surface area contributed by atoms with Crippen LogP contribution in [0.2, 0.25) is 0 Å². The van der Waals surface area contributed by atoms with Gasteiger partial charge in [-0.3, -0.25) is 4.79 Å². The van der Waals surface area contributed by atoms with E-state index < -0.39 is 0 Å². The number of carbonyl (C=O) groups excluding carboxylic acids is 1. The van der Waals surface area contributed by atoms with Gasteiger partial charge in [0.25, 0.3) is 0 Å². The third-order valence-corrected chi connectivity index (χ3v) is 3.84. The summed E-state index contributed by atoms with van der Waals surface area (Å²) in [5.41, 5.74) is 1.41. The van der Waals surface area contributed by atoms with Gasteiger partial charge in [-0.1, -0.05) is 71.4 Å². The summed E-state index contributed by atoms with van der Waals surface area (Å²) in [4.78, 5) is 12.6. The number of rotatable bonds is 6. The highest BCUT2D eigenvalue weighted by molar-refractivity contribution is 5.86. The van der Waals surface area contributed by atoms with Gasteiger partial charge in [0.15, 0.2) is 0 Å². The normalized spacial score (nSPS) is 15.0. The molecule has 0 fully saturated rings. The molecule has 0 spiro atoms. The third kappa shape index (κ3) is 5.18. The zero-order chi connectivity index (χ0) is 14.5. The molecule has 1 heteroatoms. The molecule has 19 heavy (non-hydrogen) atoms. The summed E-state index contributed by atoms with van der Waals surface area (Å²) in [5, 5.41) is 0. The van der Waals surface area contributed by atoms with Crippen molar-refractivity contribution in [2.45, 2.75) is 59.8 Å². The van der Waals surface area contributed by atoms with Crippen LogP contribution >= 0.6 is 0 Å². The average molecular weight is 260 g/mol. The number of hydrogen-bond donors (Lipinski definition) is 0. The summed E-state index contributed by atoms with van der Waals surface area (Å²) in [6.07, 6.45) is 2.69. The van der Waals surface area contributed by atoms with Crippen molar-refractivity contribution in [2.24, 2.45) is 11.3 Å². The van der Waals surface area contributed by atoms with Crippen LogP contribution in [0.15, 0.2) is 30.3 Å². The van der Waals surface area contributed by atoms with E-state index in [1.807, 2.05) is 18.2 Å². The molecule has 0 radical (unpaired) electrons. The van der Waals surface area contributed by atoms with E-state index in [1.54, 1.807) is 0 Å². The molecule has 0 N–H and O–H groups in total. The first-order valence-corrected chi connectivity index (χ1v) is 7.43. The molecule has 0 bridgehead atoms. The van der Waals surface area contributed by atoms with Gasteiger partial charge in [0, 0.05) is 12.3 Å². The second kappa shape index (κ2) is 6.88. The quantitative estimate of drug-likeness (QED) is 0.686. The van der Waals surface area contributed by atoms with Crippen molar-refractivity contribution in [2.75, 3.05) is 0 Å². The van der Waals surface area contributed by atoms with E-state index in [0.29, 0.717) is 18.1 Å². The lowest BCUT2D eigenvalue weighted by molar-refractivity contribution is -0.122. The van der Waals surface area contributed by atoms with Crippen molar-refractivity contribution in [1.29, 1.82) is 0 Å². The molecule has 0 aliphatic carbocycles. The SMILES string of the molecule is CCC(C)C(C(=O)CCC(C)(C)C)c1ccccc1. The van der Waals surface area contributed by atoms with Gasteiger partial charge in [-0.25, -0.2) is 0 Å². The molecule has 2 atom stereocenters. The second-order valence-corrected chi connectivity index (χ2v) is 6.80. The first kappa shape index (κ1) is 15.9. The Kier molecular flexibility index (Phi) is 5.78. The van der Waals surface area contributed by atoms with Gasteiger partial charge in [-0.15, -0.1) is 0 Å². The maximum absolute atomic E-state index is 12.6. The molecular formula is C18H28O. The van der Waals surface area contributed by atoms with Crippen LogP contribution in [0.25, 0.3) is 0 Å². The Morgan fingerprint density at radius 2 is 1.74 bits per heavy atom. The zero-order valence-electron chi connectivity index (χ0n) is 13.1. The number of hydrogen-bond acceptors (Lipinski definition) is 1. The molecule has 0 aromatic heterocycles. The first-order chi connectivity index (χ1) is 8.85. The van der Waals surface area contributed by atoms with Crippen LogP contribution < -0.4 is 0 Å². The number of ketones is 1. The number of carbonyl (C=O) groups is 1. The van der Waals surface area contributed by atoms with Crippen molar-refractivity contribution in [3.8, 4) is 0 Å². The van der Waals surface area contributed by atoms with Gasteiger partial charge in [0.05, 0.1) is 0 Å². The van der Waals surface area contributed by atoms with E-state index in [4.69, 9.17) is 0 Å². The number of benzene rings is 1. The fraction of sp³-hybridized carbons (Fsp3) is 0.611. The summed E-state index contributed by atoms with van der Waals surface area (Å²) in [5.74, 6) is 0.874. The summed E-state index contributed by atoms with van der Waals surface area (Å²) in [6, 6.07) is 10.2. The molecule has 1 rings (SSSR count). The van der Waals surface area contributed by atoms with E-state index in [9.17, 15) is 4.79 Å². The Bertz CT molecular complexity index is 386. The van der Waals surface area contributed by atoms with Gasteiger partial charge < -0.3 is 0 Å². The fourth-order valence-corrected chi connectivity index (χ4v) is 2.38. The fourth-order valence-electron chi connectivity index (χ4n) is 2.38. The maximum Gasteiger partial charge on any atom is 0.140 e. The summed E-state index contributed by atoms with van der Waals surface area (Å²) >= 11 is 0. The van der Waals surface area contributed by atoms with E-state index in [-0.39, 0.29) is 11.3 Å². The van der Waals surface area contributed by atoms with Gasteiger partial charge in [-0.05, 0) is 23.3 Å². The van der Waals surface area contributed by atoms with Crippen LogP contribution in [0.3, 0.4) is 0 Å². The van der Waals surface area contributed by atoms with Crippen LogP contribution in [0.1, 0.15) is 65.4 Å². The van der Waals surface area contributed by atoms with Crippen LogP contribution in [-0.4, -0.2) is 5.78 Å². The summed E-state index contributed by atoms with van der Waals surface area (Å²) < 4.78 is 0. The molecule has 1 aromatic carbocycles. The predicted molar refractivity (Wildman–Crippen MR) is 82.3 cm³/mol. The lowest BCUT2D eigenvalue weighted by Crippen LogP contribution is -2.21. The van der Waals surface area contributed by atoms with E-state index in [2.05, 4.69) is 46.8 Å². The van der Waals surface area contributed by atoms with Crippen molar-refractivity contribution >= 4 is 5.78 Å². The third-order valence-electron chi connectivity index (χ3n) is 3.84. The summed E-state index contributed by atoms with van der Waals surface area (Å²) in [6.45, 7) is 10.9. The Morgan fingerprint density at radius 1 is 1.16 bits per heavy atom. The van der Waals surface area contributed by atoms with Crippen molar-refractivity contribution < 1.29 is 4.79 Å². The Morgan fingerprint density at radius 3 is 2.21 bits per heavy atom. The van der Waals surface area contributed by atoms with Crippen LogP contribution in [0.5, 0.6) is 0 Å². The minimum atomic E-state index is 0.0635. The highest BCUT2D eigenvalue weighted by atomic mass is 16.1. The lowest BCUT2D eigenvalue weighted by Gasteiger charge is -2.24. The lowest BCUT2D eigenvalue weighted by atomic mass is 9.79. The molecule has 0 saturated heterocycles. The van der Waals surface area contributed by atoms with Crippen LogP contribution in [0, 0.1) is 11.3 Å². The molecule has 2 unspecified atom stereocenters. The van der Waals surface area contributed by atoms with E-state index in [1.165, 1.54) is 5.56 Å². The molecule has 0 heterocycles. The maximum atomic E-state index is 12.6. The second-order valence-electron chi connectivity index (χ2n) is 6.80. The van der Waals surface area contributed by atoms with Crippen molar-refractivity contribution in [1.82, 2.24) is 0 Å². The Labute approximate surface area is 118 Å². The molecule has 1 aromatic rings. The minimum Gasteiger partial charge on any atom is -0.299 e. The molecule has 1 nitrogen and oxygen atoms in total. The van der Waals surface area contributed by atoms with Crippen LogP contribution in [-0.2, 0) is 4.79 Å². The minimum absolute atomic E-state index is 0.0635. The summed E-state index contributed by atoms with van der Waals surface area (Å²) in [7, 11) is 0. The van der Waals surface area contributed by atoms with Gasteiger partial charge in [0.2, 0.25) is 0 Å². The molecule has 0 saturated carbocycles. The van der Waals surface area contributed by atoms with E-state index in [0.717, 1.165) is 12.8 Å². The standard InChI is InChI=1S/C18H28O/c1-6-14(2)17(15-10-8-7-9-11-15)16(19)12-13-18(3,4)5/h7-11,14,17H,6,12-13H2,1-5H3. The highest BCUT2D eigenvalue weighted by Gasteiger charge is 2.26. The molecule has 0 amide bonds. The van der Waals surface area contributed by atoms with Crippen LogP contribution in [0.4, 0.5) is 0 Å². The molecule has 0 aliphatic rings. The molecule has 0 aliphatic heterocycles. The monoisotopic (exact) mass is 260 g/mol. The zero-order valence-corrected chi connectivity index (χ0v) is 13.1. The average Bonchev–Trinajstić information content (AvgIpc) is 2.37. The van der Waals surface area contributed by atoms with E-state index >= 15 is 0 Å². The van der Waals surface area contributed by atoms with Gasteiger partial charge in [0.1, 0.15) is 5.78 Å². The van der Waals surface area contributed by atoms with Crippen molar-refractivity contribution in [3.63, 3.8) is 0 Å². The van der Waals surface area contributed by atoms with Gasteiger partial charge in [-0.2, -0.15) is 0 Å². The number of Topliss-reactive ketones (excluding diaryl/α,β-unsaturated/α-hetero) is 1. The van der Waals surface area contributed by atoms with Gasteiger partial charge >= 0.3 is 0 Å². The molecule has 106 valence electrons.